The van der Waals surface area contributed by atoms with Gasteiger partial charge in [-0.3, -0.25) is 4.79 Å². The van der Waals surface area contributed by atoms with Crippen LogP contribution in [-0.4, -0.2) is 35.6 Å². The fourth-order valence-electron chi connectivity index (χ4n) is 3.26. The lowest BCUT2D eigenvalue weighted by atomic mass is 10.1. The molecule has 0 unspecified atom stereocenters. The minimum atomic E-state index is -0.130. The smallest absolute Gasteiger partial charge is 0.254 e. The highest BCUT2D eigenvalue weighted by Gasteiger charge is 2.18. The summed E-state index contributed by atoms with van der Waals surface area (Å²) in [6.07, 6.45) is 2.03. The van der Waals surface area contributed by atoms with E-state index in [1.165, 1.54) is 11.1 Å². The third-order valence-corrected chi connectivity index (χ3v) is 5.11. The van der Waals surface area contributed by atoms with E-state index in [2.05, 4.69) is 35.8 Å². The first-order valence-corrected chi connectivity index (χ1v) is 10.2. The van der Waals surface area contributed by atoms with Gasteiger partial charge < -0.3 is 14.2 Å². The van der Waals surface area contributed by atoms with Gasteiger partial charge in [0.2, 0.25) is 0 Å². The number of halogens is 2. The van der Waals surface area contributed by atoms with Crippen molar-refractivity contribution in [1.82, 2.24) is 9.47 Å². The summed E-state index contributed by atoms with van der Waals surface area (Å²) >= 11 is 12.2. The van der Waals surface area contributed by atoms with Gasteiger partial charge in [-0.2, -0.15) is 0 Å². The second-order valence-electron chi connectivity index (χ2n) is 6.99. The molecule has 0 aliphatic heterocycles. The Labute approximate surface area is 181 Å². The molecule has 3 rings (SSSR count). The van der Waals surface area contributed by atoms with Gasteiger partial charge in [0, 0.05) is 47.7 Å². The zero-order valence-corrected chi connectivity index (χ0v) is 18.1. The highest BCUT2D eigenvalue weighted by molar-refractivity contribution is 6.35. The maximum Gasteiger partial charge on any atom is 0.254 e. The molecule has 0 atom stereocenters. The van der Waals surface area contributed by atoms with Crippen molar-refractivity contribution >= 4 is 29.1 Å². The number of nitrogens with zero attached hydrogens (tertiary/aromatic N) is 2. The van der Waals surface area contributed by atoms with Gasteiger partial charge in [0.1, 0.15) is 0 Å². The van der Waals surface area contributed by atoms with Crippen LogP contribution in [0.25, 0.3) is 0 Å². The van der Waals surface area contributed by atoms with Crippen LogP contribution in [0.15, 0.2) is 60.8 Å². The number of benzene rings is 2. The first-order chi connectivity index (χ1) is 14.0. The number of aryl methyl sites for hydroxylation is 1. The molecule has 1 amide bonds. The predicted octanol–water partition coefficient (Wildman–Crippen LogP) is 5.44. The quantitative estimate of drug-likeness (QED) is 0.476. The molecule has 0 saturated carbocycles. The zero-order valence-electron chi connectivity index (χ0n) is 16.6. The van der Waals surface area contributed by atoms with E-state index in [-0.39, 0.29) is 5.91 Å². The molecule has 3 aromatic rings. The zero-order chi connectivity index (χ0) is 20.8. The number of hydrogen-bond acceptors (Lipinski definition) is 2. The molecule has 1 aromatic heterocycles. The fraction of sp³-hybridized carbons (Fsp3) is 0.261. The average molecular weight is 431 g/mol. The summed E-state index contributed by atoms with van der Waals surface area (Å²) in [6.45, 7) is 4.21. The lowest BCUT2D eigenvalue weighted by Gasteiger charge is -2.24. The van der Waals surface area contributed by atoms with Crippen LogP contribution >= 0.6 is 23.2 Å². The normalized spacial score (nSPS) is 10.9. The topological polar surface area (TPSA) is 34.5 Å². The summed E-state index contributed by atoms with van der Waals surface area (Å²) in [4.78, 5) is 14.9. The number of carbonyl (C=O) groups excluding carboxylic acids is 1. The summed E-state index contributed by atoms with van der Waals surface area (Å²) in [5, 5.41) is 0.880. The molecule has 0 bridgehead atoms. The van der Waals surface area contributed by atoms with Crippen molar-refractivity contribution in [3.8, 4) is 0 Å². The van der Waals surface area contributed by atoms with Gasteiger partial charge in [-0.1, -0.05) is 53.0 Å². The third kappa shape index (κ3) is 5.86. The molecule has 29 heavy (non-hydrogen) atoms. The minimum Gasteiger partial charge on any atom is -0.383 e. The molecular weight excluding hydrogens is 407 g/mol. The molecule has 1 heterocycles. The Bertz CT molecular complexity index is 964. The van der Waals surface area contributed by atoms with Gasteiger partial charge >= 0.3 is 0 Å². The Morgan fingerprint density at radius 3 is 2.52 bits per heavy atom. The third-order valence-electron chi connectivity index (χ3n) is 4.67. The molecule has 0 fully saturated rings. The van der Waals surface area contributed by atoms with E-state index in [1.807, 2.05) is 18.3 Å². The summed E-state index contributed by atoms with van der Waals surface area (Å²) in [5.41, 5.74) is 3.96. The van der Waals surface area contributed by atoms with Crippen molar-refractivity contribution in [1.29, 1.82) is 0 Å². The molecule has 4 nitrogen and oxygen atoms in total. The van der Waals surface area contributed by atoms with E-state index < -0.39 is 0 Å². The highest BCUT2D eigenvalue weighted by atomic mass is 35.5. The molecule has 0 saturated heterocycles. The van der Waals surface area contributed by atoms with Crippen molar-refractivity contribution in [3.63, 3.8) is 0 Å². The first-order valence-electron chi connectivity index (χ1n) is 9.40. The lowest BCUT2D eigenvalue weighted by molar-refractivity contribution is 0.0676. The van der Waals surface area contributed by atoms with Crippen molar-refractivity contribution in [2.75, 3.05) is 20.3 Å². The van der Waals surface area contributed by atoms with Crippen LogP contribution in [0.5, 0.6) is 0 Å². The van der Waals surface area contributed by atoms with Gasteiger partial charge in [0.15, 0.2) is 0 Å². The fourth-order valence-corrected chi connectivity index (χ4v) is 3.79. The van der Waals surface area contributed by atoms with Crippen molar-refractivity contribution in [2.45, 2.75) is 20.0 Å². The van der Waals surface area contributed by atoms with Gasteiger partial charge in [-0.15, -0.1) is 0 Å². The summed E-state index contributed by atoms with van der Waals surface area (Å²) in [7, 11) is 1.62. The monoisotopic (exact) mass is 430 g/mol. The standard InChI is InChI=1S/C23H24Cl2N2O2/c1-17-5-3-6-18(11-17)15-26-8-4-7-22(26)16-27(9-10-29-2)23(28)19-12-20(24)14-21(25)13-19/h3-8,11-14H,9-10,15-16H2,1-2H3. The Hall–Kier alpha value is -2.27. The van der Waals surface area contributed by atoms with E-state index in [4.69, 9.17) is 27.9 Å². The SMILES string of the molecule is COCCN(Cc1cccn1Cc1cccc(C)c1)C(=O)c1cc(Cl)cc(Cl)c1. The molecular formula is C23H24Cl2N2O2. The van der Waals surface area contributed by atoms with Crippen LogP contribution < -0.4 is 0 Å². The van der Waals surface area contributed by atoms with E-state index in [0.29, 0.717) is 35.3 Å². The van der Waals surface area contributed by atoms with E-state index in [0.717, 1.165) is 12.2 Å². The van der Waals surface area contributed by atoms with Crippen molar-refractivity contribution < 1.29 is 9.53 Å². The molecule has 0 aliphatic rings. The van der Waals surface area contributed by atoms with Crippen LogP contribution in [0.4, 0.5) is 0 Å². The molecule has 0 aliphatic carbocycles. The van der Waals surface area contributed by atoms with Crippen LogP contribution in [0.1, 0.15) is 27.2 Å². The van der Waals surface area contributed by atoms with Crippen LogP contribution in [0.3, 0.4) is 0 Å². The number of aromatic nitrogens is 1. The average Bonchev–Trinajstić information content (AvgIpc) is 3.10. The van der Waals surface area contributed by atoms with Crippen LogP contribution in [0.2, 0.25) is 10.0 Å². The number of rotatable bonds is 8. The first kappa shape index (κ1) is 21.4. The van der Waals surface area contributed by atoms with Gasteiger partial charge in [0.25, 0.3) is 5.91 Å². The maximum absolute atomic E-state index is 13.1. The van der Waals surface area contributed by atoms with Crippen LogP contribution in [0, 0.1) is 6.92 Å². The van der Waals surface area contributed by atoms with Gasteiger partial charge in [-0.05, 0) is 42.8 Å². The highest BCUT2D eigenvalue weighted by Crippen LogP contribution is 2.21. The summed E-state index contributed by atoms with van der Waals surface area (Å²) < 4.78 is 7.37. The van der Waals surface area contributed by atoms with Crippen molar-refractivity contribution in [2.24, 2.45) is 0 Å². The van der Waals surface area contributed by atoms with E-state index in [9.17, 15) is 4.79 Å². The second-order valence-corrected chi connectivity index (χ2v) is 7.87. The van der Waals surface area contributed by atoms with E-state index >= 15 is 0 Å². The molecule has 0 N–H and O–H groups in total. The van der Waals surface area contributed by atoms with Gasteiger partial charge in [0.05, 0.1) is 13.2 Å². The Morgan fingerprint density at radius 2 is 1.83 bits per heavy atom. The molecule has 0 spiro atoms. The minimum absolute atomic E-state index is 0.130. The predicted molar refractivity (Wildman–Crippen MR) is 118 cm³/mol. The molecule has 2 aromatic carbocycles. The van der Waals surface area contributed by atoms with Crippen molar-refractivity contribution in [3.05, 3.63) is 93.2 Å². The number of carbonyl (C=O) groups is 1. The number of methoxy groups -OCH3 is 1. The largest absolute Gasteiger partial charge is 0.383 e. The molecule has 6 heteroatoms. The Morgan fingerprint density at radius 1 is 1.07 bits per heavy atom. The lowest BCUT2D eigenvalue weighted by Crippen LogP contribution is -2.34. The van der Waals surface area contributed by atoms with Gasteiger partial charge in [-0.25, -0.2) is 0 Å². The van der Waals surface area contributed by atoms with E-state index in [1.54, 1.807) is 30.2 Å². The molecule has 152 valence electrons. The van der Waals surface area contributed by atoms with Crippen LogP contribution in [-0.2, 0) is 17.8 Å². The second kappa shape index (κ2) is 9.97. The molecule has 0 radical (unpaired) electrons. The number of amides is 1. The summed E-state index contributed by atoms with van der Waals surface area (Å²) in [6, 6.07) is 17.4. The number of hydrogen-bond donors (Lipinski definition) is 0. The Balaban J connectivity index is 1.82. The summed E-state index contributed by atoms with van der Waals surface area (Å²) in [5.74, 6) is -0.130. The maximum atomic E-state index is 13.1. The Kier molecular flexibility index (Phi) is 7.37. The number of ether oxygens (including phenoxy) is 1.